The van der Waals surface area contributed by atoms with Crippen LogP contribution in [-0.2, 0) is 5.41 Å². The predicted octanol–water partition coefficient (Wildman–Crippen LogP) is 21.3. The van der Waals surface area contributed by atoms with E-state index in [1.54, 1.807) is 0 Å². The molecular formula is C75H54N4S. The van der Waals surface area contributed by atoms with Gasteiger partial charge in [-0.15, -0.1) is 0 Å². The van der Waals surface area contributed by atoms with Crippen molar-refractivity contribution in [3.63, 3.8) is 0 Å². The molecule has 2 aliphatic heterocycles. The van der Waals surface area contributed by atoms with Gasteiger partial charge in [0.1, 0.15) is 0 Å². The first-order valence-corrected chi connectivity index (χ1v) is 28.3. The highest BCUT2D eigenvalue weighted by molar-refractivity contribution is 7.99. The van der Waals surface area contributed by atoms with E-state index >= 15 is 0 Å². The number of rotatable bonds is 9. The highest BCUT2D eigenvalue weighted by Crippen LogP contribution is 2.55. The number of para-hydroxylation sites is 5. The fourth-order valence-electron chi connectivity index (χ4n) is 12.4. The third-order valence-electron chi connectivity index (χ3n) is 16.3. The Morgan fingerprint density at radius 3 is 1.34 bits per heavy atom. The second kappa shape index (κ2) is 19.3. The van der Waals surface area contributed by atoms with Crippen LogP contribution in [-0.4, -0.2) is 4.57 Å². The first kappa shape index (κ1) is 47.4. The summed E-state index contributed by atoms with van der Waals surface area (Å²) in [5.74, 6) is 0. The van der Waals surface area contributed by atoms with Crippen molar-refractivity contribution in [2.75, 3.05) is 14.7 Å². The fraction of sp³-hybridized carbons (Fsp3) is 0.0400. The normalized spacial score (nSPS) is 13.1. The van der Waals surface area contributed by atoms with Crippen LogP contribution in [0.15, 0.2) is 301 Å². The fourth-order valence-corrected chi connectivity index (χ4v) is 13.5. The molecule has 0 bridgehead atoms. The van der Waals surface area contributed by atoms with E-state index < -0.39 is 0 Å². The molecule has 0 amide bonds. The van der Waals surface area contributed by atoms with Gasteiger partial charge in [0.05, 0.1) is 33.8 Å². The molecule has 5 heteroatoms. The summed E-state index contributed by atoms with van der Waals surface area (Å²) < 4.78 is 2.42. The largest absolute Gasteiger partial charge is 0.310 e. The summed E-state index contributed by atoms with van der Waals surface area (Å²) in [5.41, 5.74) is 23.4. The van der Waals surface area contributed by atoms with Gasteiger partial charge in [0.15, 0.2) is 0 Å². The lowest BCUT2D eigenvalue weighted by molar-refractivity contribution is 0.632. The number of hydrogen-bond acceptors (Lipinski definition) is 4. The maximum atomic E-state index is 2.44. The van der Waals surface area contributed by atoms with Gasteiger partial charge in [0.2, 0.25) is 0 Å². The van der Waals surface area contributed by atoms with E-state index in [0.29, 0.717) is 0 Å². The predicted molar refractivity (Wildman–Crippen MR) is 337 cm³/mol. The first-order valence-electron chi connectivity index (χ1n) is 27.5. The van der Waals surface area contributed by atoms with Gasteiger partial charge in [-0.2, -0.15) is 0 Å². The third-order valence-corrected chi connectivity index (χ3v) is 17.4. The van der Waals surface area contributed by atoms with Gasteiger partial charge >= 0.3 is 0 Å². The molecule has 80 heavy (non-hydrogen) atoms. The van der Waals surface area contributed by atoms with Crippen molar-refractivity contribution in [1.29, 1.82) is 0 Å². The zero-order chi connectivity index (χ0) is 53.3. The van der Waals surface area contributed by atoms with Crippen molar-refractivity contribution >= 4 is 84.8 Å². The van der Waals surface area contributed by atoms with Crippen molar-refractivity contribution in [3.05, 3.63) is 302 Å². The molecule has 0 aliphatic carbocycles. The zero-order valence-electron chi connectivity index (χ0n) is 44.4. The number of nitrogens with zero attached hydrogens (tertiary/aromatic N) is 4. The Labute approximate surface area is 471 Å². The molecule has 0 unspecified atom stereocenters. The van der Waals surface area contributed by atoms with Gasteiger partial charge in [0.25, 0.3) is 0 Å². The van der Waals surface area contributed by atoms with Crippen molar-refractivity contribution in [3.8, 4) is 39.1 Å². The lowest BCUT2D eigenvalue weighted by Crippen LogP contribution is -2.30. The maximum absolute atomic E-state index is 2.44. The quantitative estimate of drug-likeness (QED) is 0.143. The summed E-state index contributed by atoms with van der Waals surface area (Å²) in [5, 5.41) is 2.43. The standard InChI is InChI=1S/C75H54N4S/c1-75(2)65-27-15-16-28-69(65)78(58-23-11-5-12-24-58)70-45-37-56(49-66(70)75)55-36-44-68-64(48-55)63-47-54(35-43-67(63)77(68)57-21-9-4-10-22-57)53-33-40-61(41-34-53)76(60-38-31-52(32-39-60)51-19-7-3-8-20-51)62-42-46-72-74(50-62)80-73-30-18-17-29-71(73)79(72)59-25-13-6-14-26-59/h3-50H,1-2H3. The van der Waals surface area contributed by atoms with Crippen LogP contribution < -0.4 is 14.7 Å². The maximum Gasteiger partial charge on any atom is 0.0603 e. The Morgan fingerprint density at radius 2 is 0.713 bits per heavy atom. The molecule has 0 spiro atoms. The molecule has 0 saturated carbocycles. The first-order chi connectivity index (χ1) is 39.4. The monoisotopic (exact) mass is 1040 g/mol. The highest BCUT2D eigenvalue weighted by Gasteiger charge is 2.37. The second-order valence-electron chi connectivity index (χ2n) is 21.4. The summed E-state index contributed by atoms with van der Waals surface area (Å²) in [4.78, 5) is 9.65. The molecule has 4 nitrogen and oxygen atoms in total. The average molecular weight is 1040 g/mol. The minimum Gasteiger partial charge on any atom is -0.310 e. The molecule has 15 rings (SSSR count). The Bertz CT molecular complexity index is 4460. The van der Waals surface area contributed by atoms with Gasteiger partial charge < -0.3 is 19.3 Å². The molecule has 3 heterocycles. The molecule has 0 fully saturated rings. The van der Waals surface area contributed by atoms with E-state index in [1.165, 1.54) is 93.3 Å². The van der Waals surface area contributed by atoms with Crippen LogP contribution >= 0.6 is 11.8 Å². The van der Waals surface area contributed by atoms with Crippen LogP contribution in [0.4, 0.5) is 51.2 Å². The van der Waals surface area contributed by atoms with Crippen LogP contribution in [0.3, 0.4) is 0 Å². The van der Waals surface area contributed by atoms with E-state index in [9.17, 15) is 0 Å². The SMILES string of the molecule is CC1(C)c2ccccc2N(c2ccccc2)c2ccc(-c3ccc4c(c3)c3cc(-c5ccc(N(c6ccc(-c7ccccc7)cc6)c6ccc7c(c6)Sc6ccccc6N7c6ccccc6)cc5)ccc3n4-c3ccccc3)cc21. The van der Waals surface area contributed by atoms with E-state index in [0.717, 1.165) is 39.7 Å². The van der Waals surface area contributed by atoms with E-state index in [1.807, 2.05) is 11.8 Å². The average Bonchev–Trinajstić information content (AvgIpc) is 4.03. The number of anilines is 9. The van der Waals surface area contributed by atoms with Gasteiger partial charge in [-0.05, 0) is 178 Å². The number of fused-ring (bicyclic) bond motifs is 7. The third kappa shape index (κ3) is 8.00. The molecule has 1 aromatic heterocycles. The van der Waals surface area contributed by atoms with Crippen molar-refractivity contribution in [1.82, 2.24) is 4.57 Å². The van der Waals surface area contributed by atoms with E-state index in [-0.39, 0.29) is 5.41 Å². The summed E-state index contributed by atoms with van der Waals surface area (Å²) in [7, 11) is 0. The Morgan fingerprint density at radius 1 is 0.300 bits per heavy atom. The van der Waals surface area contributed by atoms with Crippen LogP contribution in [0.1, 0.15) is 25.0 Å². The van der Waals surface area contributed by atoms with Gasteiger partial charge in [-0.25, -0.2) is 0 Å². The topological polar surface area (TPSA) is 14.7 Å². The Hall–Kier alpha value is -9.81. The van der Waals surface area contributed by atoms with E-state index in [2.05, 4.69) is 324 Å². The summed E-state index contributed by atoms with van der Waals surface area (Å²) in [6.45, 7) is 4.74. The van der Waals surface area contributed by atoms with E-state index in [4.69, 9.17) is 0 Å². The van der Waals surface area contributed by atoms with Crippen LogP contribution in [0.2, 0.25) is 0 Å². The zero-order valence-corrected chi connectivity index (χ0v) is 45.2. The van der Waals surface area contributed by atoms with Crippen molar-refractivity contribution < 1.29 is 0 Å². The lowest BCUT2D eigenvalue weighted by Gasteiger charge is -2.42. The highest BCUT2D eigenvalue weighted by atomic mass is 32.2. The molecule has 0 atom stereocenters. The molecule has 0 radical (unpaired) electrons. The van der Waals surface area contributed by atoms with Crippen molar-refractivity contribution in [2.45, 2.75) is 29.1 Å². The number of aromatic nitrogens is 1. The molecule has 2 aliphatic rings. The summed E-state index contributed by atoms with van der Waals surface area (Å²) in [6, 6.07) is 107. The summed E-state index contributed by atoms with van der Waals surface area (Å²) >= 11 is 1.83. The minimum atomic E-state index is -0.216. The van der Waals surface area contributed by atoms with Gasteiger partial charge in [0, 0.05) is 60.1 Å². The molecule has 12 aromatic carbocycles. The number of benzene rings is 12. The van der Waals surface area contributed by atoms with Crippen LogP contribution in [0, 0.1) is 0 Å². The van der Waals surface area contributed by atoms with Crippen LogP contribution in [0.5, 0.6) is 0 Å². The smallest absolute Gasteiger partial charge is 0.0603 e. The molecule has 0 saturated heterocycles. The summed E-state index contributed by atoms with van der Waals surface area (Å²) in [6.07, 6.45) is 0. The molecular weight excluding hydrogens is 989 g/mol. The Balaban J connectivity index is 0.829. The van der Waals surface area contributed by atoms with Crippen molar-refractivity contribution in [2.24, 2.45) is 0 Å². The number of hydrogen-bond donors (Lipinski definition) is 0. The minimum absolute atomic E-state index is 0.216. The molecule has 0 N–H and O–H groups in total. The van der Waals surface area contributed by atoms with Crippen LogP contribution in [0.25, 0.3) is 60.9 Å². The Kier molecular flexibility index (Phi) is 11.4. The second-order valence-corrected chi connectivity index (χ2v) is 22.5. The molecule has 13 aromatic rings. The van der Waals surface area contributed by atoms with Gasteiger partial charge in [-0.1, -0.05) is 183 Å². The molecule has 380 valence electrons. The lowest BCUT2D eigenvalue weighted by atomic mass is 9.73. The van der Waals surface area contributed by atoms with Gasteiger partial charge in [-0.3, -0.25) is 0 Å².